The summed E-state index contributed by atoms with van der Waals surface area (Å²) >= 11 is 0. The fraction of sp³-hybridized carbons (Fsp3) is 0.346. The minimum atomic E-state index is -1.19. The van der Waals surface area contributed by atoms with Gasteiger partial charge in [0.05, 0.1) is 17.7 Å². The number of carbonyl (C=O) groups excluding carboxylic acids is 5. The van der Waals surface area contributed by atoms with E-state index in [2.05, 4.69) is 10.6 Å². The minimum Gasteiger partial charge on any atom is -0.454 e. The van der Waals surface area contributed by atoms with E-state index in [1.165, 1.54) is 12.1 Å². The number of benzene rings is 2. The fourth-order valence-corrected chi connectivity index (χ4v) is 4.15. The van der Waals surface area contributed by atoms with Crippen LogP contribution in [0.5, 0.6) is 0 Å². The molecule has 0 bridgehead atoms. The van der Waals surface area contributed by atoms with Gasteiger partial charge in [0.1, 0.15) is 6.04 Å². The SMILES string of the molecule is Cc1cc(C)c(NC(=O)CNC(=O)COC(=O)[C@@H](C(C)C)N2C(=O)c3ccccc3C2=O)c(C)c1. The Morgan fingerprint density at radius 2 is 1.46 bits per heavy atom. The van der Waals surface area contributed by atoms with Crippen molar-refractivity contribution < 1.29 is 28.7 Å². The molecule has 9 nitrogen and oxygen atoms in total. The number of imide groups is 1. The third-order valence-corrected chi connectivity index (χ3v) is 5.71. The lowest BCUT2D eigenvalue weighted by atomic mass is 10.0. The normalized spacial score (nSPS) is 13.5. The number of rotatable bonds is 8. The quantitative estimate of drug-likeness (QED) is 0.443. The van der Waals surface area contributed by atoms with Crippen molar-refractivity contribution in [2.75, 3.05) is 18.5 Å². The first kappa shape index (κ1) is 25.6. The average molecular weight is 480 g/mol. The van der Waals surface area contributed by atoms with Crippen molar-refractivity contribution in [1.29, 1.82) is 0 Å². The summed E-state index contributed by atoms with van der Waals surface area (Å²) in [7, 11) is 0. The van der Waals surface area contributed by atoms with Crippen LogP contribution in [0.4, 0.5) is 5.69 Å². The summed E-state index contributed by atoms with van der Waals surface area (Å²) in [6.45, 7) is 8.12. The van der Waals surface area contributed by atoms with Crippen molar-refractivity contribution in [3.05, 3.63) is 64.2 Å². The molecular weight excluding hydrogens is 450 g/mol. The fourth-order valence-electron chi connectivity index (χ4n) is 4.15. The third-order valence-electron chi connectivity index (χ3n) is 5.71. The lowest BCUT2D eigenvalue weighted by Crippen LogP contribution is -2.49. The predicted octanol–water partition coefficient (Wildman–Crippen LogP) is 2.53. The highest BCUT2D eigenvalue weighted by Crippen LogP contribution is 2.27. The van der Waals surface area contributed by atoms with Crippen LogP contribution >= 0.6 is 0 Å². The number of amides is 4. The Balaban J connectivity index is 1.55. The molecule has 35 heavy (non-hydrogen) atoms. The second-order valence-electron chi connectivity index (χ2n) is 8.92. The lowest BCUT2D eigenvalue weighted by molar-refractivity contribution is -0.153. The molecule has 184 valence electrons. The molecule has 2 aromatic carbocycles. The van der Waals surface area contributed by atoms with E-state index in [0.29, 0.717) is 5.69 Å². The summed E-state index contributed by atoms with van der Waals surface area (Å²) in [5.41, 5.74) is 4.02. The average Bonchev–Trinajstić information content (AvgIpc) is 3.04. The zero-order valence-corrected chi connectivity index (χ0v) is 20.4. The molecule has 0 aromatic heterocycles. The van der Waals surface area contributed by atoms with Crippen LogP contribution in [0, 0.1) is 26.7 Å². The maximum Gasteiger partial charge on any atom is 0.330 e. The second kappa shape index (κ2) is 10.5. The first-order valence-corrected chi connectivity index (χ1v) is 11.3. The summed E-state index contributed by atoms with van der Waals surface area (Å²) in [6.07, 6.45) is 0. The summed E-state index contributed by atoms with van der Waals surface area (Å²) in [5.74, 6) is -3.59. The lowest BCUT2D eigenvalue weighted by Gasteiger charge is -2.27. The molecule has 1 aliphatic rings. The van der Waals surface area contributed by atoms with E-state index in [-0.39, 0.29) is 17.7 Å². The van der Waals surface area contributed by atoms with Crippen LogP contribution in [-0.4, -0.2) is 53.7 Å². The monoisotopic (exact) mass is 479 g/mol. The molecule has 0 spiro atoms. The minimum absolute atomic E-state index is 0.221. The number of nitrogens with zero attached hydrogens (tertiary/aromatic N) is 1. The molecule has 1 atom stereocenters. The van der Waals surface area contributed by atoms with Crippen molar-refractivity contribution >= 4 is 35.3 Å². The van der Waals surface area contributed by atoms with E-state index in [9.17, 15) is 24.0 Å². The van der Waals surface area contributed by atoms with E-state index in [1.54, 1.807) is 26.0 Å². The third kappa shape index (κ3) is 5.56. The molecule has 1 heterocycles. The smallest absolute Gasteiger partial charge is 0.330 e. The van der Waals surface area contributed by atoms with Crippen LogP contribution in [0.1, 0.15) is 51.3 Å². The highest BCUT2D eigenvalue weighted by molar-refractivity contribution is 6.22. The maximum absolute atomic E-state index is 12.8. The van der Waals surface area contributed by atoms with E-state index < -0.39 is 48.2 Å². The summed E-state index contributed by atoms with van der Waals surface area (Å²) in [6, 6.07) is 9.02. The molecule has 2 aromatic rings. The molecule has 1 aliphatic heterocycles. The van der Waals surface area contributed by atoms with Crippen molar-refractivity contribution in [3.8, 4) is 0 Å². The van der Waals surface area contributed by atoms with Crippen LogP contribution in [0.15, 0.2) is 36.4 Å². The number of esters is 1. The Labute approximate surface area is 203 Å². The van der Waals surface area contributed by atoms with Gasteiger partial charge in [-0.15, -0.1) is 0 Å². The van der Waals surface area contributed by atoms with Gasteiger partial charge in [0.15, 0.2) is 6.61 Å². The van der Waals surface area contributed by atoms with Gasteiger partial charge in [-0.05, 0) is 49.9 Å². The molecule has 0 saturated heterocycles. The predicted molar refractivity (Wildman–Crippen MR) is 129 cm³/mol. The number of hydrogen-bond acceptors (Lipinski definition) is 6. The molecule has 4 amide bonds. The molecule has 2 N–H and O–H groups in total. The molecular formula is C26H29N3O6. The van der Waals surface area contributed by atoms with E-state index >= 15 is 0 Å². The number of ether oxygens (including phenoxy) is 1. The second-order valence-corrected chi connectivity index (χ2v) is 8.92. The van der Waals surface area contributed by atoms with Gasteiger partial charge >= 0.3 is 5.97 Å². The van der Waals surface area contributed by atoms with E-state index in [0.717, 1.165) is 21.6 Å². The Hall–Kier alpha value is -4.01. The van der Waals surface area contributed by atoms with Crippen LogP contribution in [-0.2, 0) is 19.1 Å². The number of aryl methyl sites for hydroxylation is 3. The Morgan fingerprint density at radius 1 is 0.914 bits per heavy atom. The molecule has 0 unspecified atom stereocenters. The topological polar surface area (TPSA) is 122 Å². The zero-order chi connectivity index (χ0) is 25.9. The number of carbonyl (C=O) groups is 5. The molecule has 9 heteroatoms. The van der Waals surface area contributed by atoms with E-state index in [4.69, 9.17) is 4.74 Å². The first-order valence-electron chi connectivity index (χ1n) is 11.3. The summed E-state index contributed by atoms with van der Waals surface area (Å²) in [4.78, 5) is 63.7. The Morgan fingerprint density at radius 3 is 1.97 bits per heavy atom. The molecule has 0 saturated carbocycles. The van der Waals surface area contributed by atoms with Gasteiger partial charge in [0.25, 0.3) is 17.7 Å². The van der Waals surface area contributed by atoms with Gasteiger partial charge in [-0.1, -0.05) is 43.7 Å². The number of anilines is 1. The van der Waals surface area contributed by atoms with Gasteiger partial charge in [0.2, 0.25) is 5.91 Å². The van der Waals surface area contributed by atoms with Gasteiger partial charge < -0.3 is 15.4 Å². The van der Waals surface area contributed by atoms with Crippen LogP contribution in [0.3, 0.4) is 0 Å². The Kier molecular flexibility index (Phi) is 7.68. The van der Waals surface area contributed by atoms with Crippen LogP contribution in [0.2, 0.25) is 0 Å². The first-order chi connectivity index (χ1) is 16.5. The number of hydrogen-bond donors (Lipinski definition) is 2. The maximum atomic E-state index is 12.8. The van der Waals surface area contributed by atoms with Gasteiger partial charge in [0, 0.05) is 5.69 Å². The van der Waals surface area contributed by atoms with E-state index in [1.807, 2.05) is 32.9 Å². The van der Waals surface area contributed by atoms with Crippen molar-refractivity contribution in [3.63, 3.8) is 0 Å². The van der Waals surface area contributed by atoms with Gasteiger partial charge in [-0.2, -0.15) is 0 Å². The number of fused-ring (bicyclic) bond motifs is 1. The highest BCUT2D eigenvalue weighted by atomic mass is 16.5. The Bertz CT molecular complexity index is 1150. The largest absolute Gasteiger partial charge is 0.454 e. The standard InChI is InChI=1S/C26H29N3O6/c1-14(2)23(29-24(32)18-8-6-7-9-19(18)25(29)33)26(34)35-13-21(31)27-12-20(30)28-22-16(4)10-15(3)11-17(22)5/h6-11,14,23H,12-13H2,1-5H3,(H,27,31)(H,28,30)/t23-/m1/s1. The van der Waals surface area contributed by atoms with Crippen molar-refractivity contribution in [1.82, 2.24) is 10.2 Å². The van der Waals surface area contributed by atoms with Crippen LogP contribution in [0.25, 0.3) is 0 Å². The summed E-state index contributed by atoms with van der Waals surface area (Å²) in [5, 5.41) is 5.17. The molecule has 0 fully saturated rings. The molecule has 0 aliphatic carbocycles. The van der Waals surface area contributed by atoms with Crippen LogP contribution < -0.4 is 10.6 Å². The van der Waals surface area contributed by atoms with Gasteiger partial charge in [-0.25, -0.2) is 4.79 Å². The van der Waals surface area contributed by atoms with Crippen molar-refractivity contribution in [2.24, 2.45) is 5.92 Å². The highest BCUT2D eigenvalue weighted by Gasteiger charge is 2.44. The van der Waals surface area contributed by atoms with Crippen molar-refractivity contribution in [2.45, 2.75) is 40.7 Å². The molecule has 3 rings (SSSR count). The number of nitrogens with one attached hydrogen (secondary N) is 2. The summed E-state index contributed by atoms with van der Waals surface area (Å²) < 4.78 is 5.11. The van der Waals surface area contributed by atoms with Gasteiger partial charge in [-0.3, -0.25) is 24.1 Å². The molecule has 0 radical (unpaired) electrons. The zero-order valence-electron chi connectivity index (χ0n) is 20.4.